The molecule has 0 aromatic rings. The van der Waals surface area contributed by atoms with Crippen LogP contribution in [0.3, 0.4) is 0 Å². The van der Waals surface area contributed by atoms with Gasteiger partial charge in [-0.1, -0.05) is 0 Å². The summed E-state index contributed by atoms with van der Waals surface area (Å²) in [4.78, 5) is 4.81. The molecule has 0 aromatic carbocycles. The van der Waals surface area contributed by atoms with Crippen molar-refractivity contribution in [1.29, 1.82) is 0 Å². The topological polar surface area (TPSA) is 6.48 Å². The summed E-state index contributed by atoms with van der Waals surface area (Å²) in [7, 11) is 4.37. The monoisotopic (exact) mass is 248 g/mol. The normalized spacial score (nSPS) is 36.8. The predicted octanol–water partition coefficient (Wildman–Crippen LogP) is 2.37. The maximum Gasteiger partial charge on any atom is 0.129 e. The molecule has 0 N–H and O–H groups in total. The van der Waals surface area contributed by atoms with Crippen LogP contribution in [-0.2, 0) is 0 Å². The van der Waals surface area contributed by atoms with E-state index < -0.39 is 0 Å². The van der Waals surface area contributed by atoms with Gasteiger partial charge in [0.15, 0.2) is 0 Å². The summed E-state index contributed by atoms with van der Waals surface area (Å²) in [5.41, 5.74) is 0.228. The van der Waals surface area contributed by atoms with Crippen molar-refractivity contribution in [3.63, 3.8) is 0 Å². The number of hydrogen-bond donors (Lipinski definition) is 1. The Kier molecular flexibility index (Phi) is 3.49. The van der Waals surface area contributed by atoms with Gasteiger partial charge in [-0.3, -0.25) is 9.80 Å². The lowest BCUT2D eigenvalue weighted by Crippen LogP contribution is -2.74. The molecule has 0 aliphatic carbocycles. The average Bonchev–Trinajstić information content (AvgIpc) is 2.12. The van der Waals surface area contributed by atoms with E-state index in [0.717, 1.165) is 6.54 Å². The Morgan fingerprint density at radius 3 is 2.00 bits per heavy atom. The predicted molar refractivity (Wildman–Crippen MR) is 73.8 cm³/mol. The summed E-state index contributed by atoms with van der Waals surface area (Å²) in [5.74, 6) is 0. The lowest BCUT2D eigenvalue weighted by molar-refractivity contribution is -0.0641. The molecular formula is C11H24N2S2. The average molecular weight is 248 g/mol. The van der Waals surface area contributed by atoms with Crippen LogP contribution in [0.5, 0.6) is 0 Å². The largest absolute Gasteiger partial charge is 0.291 e. The first-order valence-corrected chi connectivity index (χ1v) is 6.99. The molecule has 2 nitrogen and oxygen atoms in total. The molecule has 1 aliphatic heterocycles. The van der Waals surface area contributed by atoms with Gasteiger partial charge in [0.05, 0.1) is 5.54 Å². The minimum atomic E-state index is -0.128. The number of hydrogen-bond acceptors (Lipinski definition) is 4. The Morgan fingerprint density at radius 2 is 1.60 bits per heavy atom. The minimum absolute atomic E-state index is 0.0338. The first kappa shape index (κ1) is 13.7. The summed E-state index contributed by atoms with van der Waals surface area (Å²) in [6.45, 7) is 10.2. The number of rotatable bonds is 1. The second-order valence-electron chi connectivity index (χ2n) is 5.60. The Labute approximate surface area is 104 Å². The van der Waals surface area contributed by atoms with Gasteiger partial charge in [0, 0.05) is 12.1 Å². The van der Waals surface area contributed by atoms with Crippen LogP contribution < -0.4 is 0 Å². The molecule has 0 radical (unpaired) electrons. The van der Waals surface area contributed by atoms with Crippen LogP contribution in [-0.4, -0.2) is 52.0 Å². The van der Waals surface area contributed by atoms with Gasteiger partial charge in [0.2, 0.25) is 0 Å². The van der Waals surface area contributed by atoms with Crippen molar-refractivity contribution in [1.82, 2.24) is 9.80 Å². The second kappa shape index (κ2) is 3.83. The van der Waals surface area contributed by atoms with Gasteiger partial charge in [-0.2, -0.15) is 0 Å². The molecule has 1 heterocycles. The quantitative estimate of drug-likeness (QED) is 0.563. The van der Waals surface area contributed by atoms with E-state index in [9.17, 15) is 0 Å². The van der Waals surface area contributed by atoms with Gasteiger partial charge in [-0.05, 0) is 48.0 Å². The fourth-order valence-electron chi connectivity index (χ4n) is 2.64. The Balaban J connectivity index is 3.16. The minimum Gasteiger partial charge on any atom is -0.291 e. The lowest BCUT2D eigenvalue weighted by atomic mass is 9.88. The van der Waals surface area contributed by atoms with Gasteiger partial charge in [0.1, 0.15) is 4.20 Å². The van der Waals surface area contributed by atoms with E-state index in [-0.39, 0.29) is 15.3 Å². The fourth-order valence-corrected chi connectivity index (χ4v) is 3.87. The van der Waals surface area contributed by atoms with E-state index in [4.69, 9.17) is 12.6 Å². The van der Waals surface area contributed by atoms with Crippen molar-refractivity contribution < 1.29 is 0 Å². The molecule has 1 rings (SSSR count). The molecule has 1 atom stereocenters. The van der Waals surface area contributed by atoms with Crippen molar-refractivity contribution in [2.75, 3.05) is 26.9 Å². The van der Waals surface area contributed by atoms with Crippen LogP contribution in [0.2, 0.25) is 0 Å². The summed E-state index contributed by atoms with van der Waals surface area (Å²) >= 11 is 6.73. The van der Waals surface area contributed by atoms with Crippen LogP contribution in [0, 0.1) is 0 Å². The van der Waals surface area contributed by atoms with E-state index in [1.165, 1.54) is 0 Å². The zero-order chi connectivity index (χ0) is 12.1. The summed E-state index contributed by atoms with van der Waals surface area (Å²) in [5, 5.41) is 0. The highest BCUT2D eigenvalue weighted by molar-refractivity contribution is 8.11. The SMILES string of the molecule is CSC1(S)N(C)CC(C)(C)N(C)C1(C)C. The molecule has 4 heteroatoms. The maximum atomic E-state index is 4.91. The van der Waals surface area contributed by atoms with Gasteiger partial charge < -0.3 is 0 Å². The lowest BCUT2D eigenvalue weighted by Gasteiger charge is -2.62. The van der Waals surface area contributed by atoms with Crippen molar-refractivity contribution >= 4 is 24.4 Å². The third-order valence-corrected chi connectivity index (χ3v) is 6.79. The summed E-state index contributed by atoms with van der Waals surface area (Å²) in [6, 6.07) is 0. The number of thiol groups is 1. The molecule has 1 saturated heterocycles. The third kappa shape index (κ3) is 1.84. The maximum absolute atomic E-state index is 4.91. The van der Waals surface area contributed by atoms with Crippen molar-refractivity contribution in [3.8, 4) is 0 Å². The van der Waals surface area contributed by atoms with E-state index in [0.29, 0.717) is 0 Å². The highest BCUT2D eigenvalue weighted by Crippen LogP contribution is 2.49. The van der Waals surface area contributed by atoms with Crippen LogP contribution in [0.4, 0.5) is 0 Å². The zero-order valence-electron chi connectivity index (χ0n) is 11.0. The number of likely N-dealkylation sites (N-methyl/N-ethyl adjacent to an activating group) is 2. The van der Waals surface area contributed by atoms with Crippen LogP contribution >= 0.6 is 24.4 Å². The smallest absolute Gasteiger partial charge is 0.129 e. The van der Waals surface area contributed by atoms with Gasteiger partial charge in [0.25, 0.3) is 0 Å². The van der Waals surface area contributed by atoms with Gasteiger partial charge in [-0.25, -0.2) is 0 Å². The van der Waals surface area contributed by atoms with Crippen LogP contribution in [0.25, 0.3) is 0 Å². The molecule has 0 amide bonds. The first-order valence-electron chi connectivity index (χ1n) is 5.32. The van der Waals surface area contributed by atoms with Crippen LogP contribution in [0.1, 0.15) is 27.7 Å². The summed E-state index contributed by atoms with van der Waals surface area (Å²) in [6.07, 6.45) is 2.14. The number of nitrogens with zero attached hydrogens (tertiary/aromatic N) is 2. The van der Waals surface area contributed by atoms with Gasteiger partial charge >= 0.3 is 0 Å². The van der Waals surface area contributed by atoms with E-state index in [1.807, 2.05) is 11.8 Å². The van der Waals surface area contributed by atoms with Crippen LogP contribution in [0.15, 0.2) is 0 Å². The number of piperazine rings is 1. The van der Waals surface area contributed by atoms with E-state index >= 15 is 0 Å². The highest BCUT2D eigenvalue weighted by atomic mass is 32.2. The van der Waals surface area contributed by atoms with Crippen molar-refractivity contribution in [3.05, 3.63) is 0 Å². The van der Waals surface area contributed by atoms with Crippen molar-refractivity contribution in [2.45, 2.75) is 43.0 Å². The summed E-state index contributed by atoms with van der Waals surface area (Å²) < 4.78 is -0.128. The standard InChI is InChI=1S/C11H24N2S2/c1-9(2)8-12(5)11(14,15-7)10(3,4)13(9)6/h14H,8H2,1-7H3. The van der Waals surface area contributed by atoms with E-state index in [2.05, 4.69) is 57.8 Å². The Bertz CT molecular complexity index is 253. The molecule has 0 saturated carbocycles. The molecule has 0 bridgehead atoms. The third-order valence-electron chi connectivity index (χ3n) is 3.97. The molecule has 0 spiro atoms. The molecule has 1 aliphatic rings. The second-order valence-corrected chi connectivity index (χ2v) is 7.55. The molecule has 90 valence electrons. The molecular weight excluding hydrogens is 224 g/mol. The Morgan fingerprint density at radius 1 is 1.13 bits per heavy atom. The fraction of sp³-hybridized carbons (Fsp3) is 1.00. The number of thioether (sulfide) groups is 1. The van der Waals surface area contributed by atoms with Crippen molar-refractivity contribution in [2.24, 2.45) is 0 Å². The van der Waals surface area contributed by atoms with E-state index in [1.54, 1.807) is 0 Å². The zero-order valence-corrected chi connectivity index (χ0v) is 12.7. The first-order chi connectivity index (χ1) is 6.59. The molecule has 1 unspecified atom stereocenters. The highest BCUT2D eigenvalue weighted by Gasteiger charge is 2.55. The molecule has 0 aromatic heterocycles. The molecule has 1 fully saturated rings. The Hall–Kier alpha value is 0.620. The van der Waals surface area contributed by atoms with Gasteiger partial charge in [-0.15, -0.1) is 24.4 Å². The molecule has 15 heavy (non-hydrogen) atoms.